The number of benzene rings is 9. The standard InChI is InChI=1S/C59H45N3/c1-59(2)53-36-51-42(35-52(53)54-49-29-13-11-26-46(49)47-27-12-14-30-50(47)55(54)59)31-32-44(45-25-9-10-28-48(45)51)41-23-15-21-39(33-41)40-22-16-24-43(34-40)58-61-56(37-17-5-3-6-18-37)60-57(62-58)38-19-7-4-8-20-38/h3-30,33-36,44,56H,31-32H2,1-2H3,(H,60,61,62). The Kier molecular flexibility index (Phi) is 8.47. The summed E-state index contributed by atoms with van der Waals surface area (Å²) in [6.45, 7) is 4.87. The molecule has 12 rings (SSSR count). The summed E-state index contributed by atoms with van der Waals surface area (Å²) >= 11 is 0. The molecule has 1 aliphatic heterocycles. The number of nitrogens with zero attached hydrogens (tertiary/aromatic N) is 2. The maximum absolute atomic E-state index is 5.11. The second kappa shape index (κ2) is 14.4. The van der Waals surface area contributed by atoms with E-state index in [-0.39, 0.29) is 17.5 Å². The quantitative estimate of drug-likeness (QED) is 0.173. The van der Waals surface area contributed by atoms with Gasteiger partial charge in [-0.3, -0.25) is 0 Å². The van der Waals surface area contributed by atoms with Crippen LogP contribution in [0.15, 0.2) is 204 Å². The van der Waals surface area contributed by atoms with Gasteiger partial charge in [0.05, 0.1) is 0 Å². The second-order valence-corrected chi connectivity index (χ2v) is 17.6. The molecule has 0 fully saturated rings. The van der Waals surface area contributed by atoms with Crippen LogP contribution in [0.5, 0.6) is 0 Å². The molecule has 0 aromatic heterocycles. The fraction of sp³-hybridized carbons (Fsp3) is 0.119. The van der Waals surface area contributed by atoms with Crippen LogP contribution in [0.3, 0.4) is 0 Å². The molecule has 1 heterocycles. The van der Waals surface area contributed by atoms with E-state index in [1.165, 1.54) is 77.2 Å². The van der Waals surface area contributed by atoms with Crippen molar-refractivity contribution in [3.63, 3.8) is 0 Å². The van der Waals surface area contributed by atoms with Crippen molar-refractivity contribution in [2.24, 2.45) is 9.98 Å². The average Bonchev–Trinajstić information content (AvgIpc) is 3.45. The topological polar surface area (TPSA) is 36.8 Å². The molecular formula is C59H45N3. The van der Waals surface area contributed by atoms with Crippen LogP contribution in [0.4, 0.5) is 0 Å². The first-order valence-corrected chi connectivity index (χ1v) is 21.9. The molecule has 0 spiro atoms. The molecule has 3 nitrogen and oxygen atoms in total. The van der Waals surface area contributed by atoms with Crippen LogP contribution in [0.1, 0.15) is 76.9 Å². The second-order valence-electron chi connectivity index (χ2n) is 17.6. The van der Waals surface area contributed by atoms with Crippen molar-refractivity contribution in [1.82, 2.24) is 5.32 Å². The number of rotatable bonds is 5. The van der Waals surface area contributed by atoms with Crippen molar-refractivity contribution in [2.45, 2.75) is 44.2 Å². The van der Waals surface area contributed by atoms with Crippen LogP contribution in [0, 0.1) is 0 Å². The van der Waals surface area contributed by atoms with Crippen LogP contribution in [0.2, 0.25) is 0 Å². The van der Waals surface area contributed by atoms with Gasteiger partial charge < -0.3 is 5.32 Å². The predicted molar refractivity (Wildman–Crippen MR) is 258 cm³/mol. The first-order chi connectivity index (χ1) is 30.5. The third-order valence-electron chi connectivity index (χ3n) is 13.7. The summed E-state index contributed by atoms with van der Waals surface area (Å²) in [5, 5.41) is 9.06. The van der Waals surface area contributed by atoms with Gasteiger partial charge in [0.2, 0.25) is 0 Å². The number of aliphatic imine (C=N–C) groups is 2. The molecule has 296 valence electrons. The summed E-state index contributed by atoms with van der Waals surface area (Å²) in [6.07, 6.45) is 1.79. The van der Waals surface area contributed by atoms with Crippen LogP contribution in [-0.4, -0.2) is 11.7 Å². The van der Waals surface area contributed by atoms with Crippen molar-refractivity contribution >= 4 is 33.2 Å². The van der Waals surface area contributed by atoms with E-state index in [4.69, 9.17) is 9.98 Å². The van der Waals surface area contributed by atoms with Gasteiger partial charge in [-0.05, 0) is 113 Å². The van der Waals surface area contributed by atoms with Gasteiger partial charge in [0.25, 0.3) is 0 Å². The largest absolute Gasteiger partial charge is 0.344 e. The molecule has 62 heavy (non-hydrogen) atoms. The number of fused-ring (bicyclic) bond motifs is 11. The van der Waals surface area contributed by atoms with Crippen molar-refractivity contribution in [3.05, 3.63) is 239 Å². The smallest absolute Gasteiger partial charge is 0.159 e. The van der Waals surface area contributed by atoms with E-state index in [0.29, 0.717) is 0 Å². The molecule has 0 amide bonds. The molecule has 0 saturated carbocycles. The van der Waals surface area contributed by atoms with Gasteiger partial charge in [-0.15, -0.1) is 0 Å². The third-order valence-corrected chi connectivity index (χ3v) is 13.7. The zero-order valence-electron chi connectivity index (χ0n) is 34.9. The minimum absolute atomic E-state index is 0.149. The van der Waals surface area contributed by atoms with Crippen molar-refractivity contribution in [1.29, 1.82) is 0 Å². The molecule has 0 radical (unpaired) electrons. The lowest BCUT2D eigenvalue weighted by Crippen LogP contribution is -2.33. The van der Waals surface area contributed by atoms with E-state index in [1.807, 2.05) is 24.3 Å². The van der Waals surface area contributed by atoms with Crippen molar-refractivity contribution in [2.75, 3.05) is 0 Å². The Morgan fingerprint density at radius 2 is 1.11 bits per heavy atom. The third kappa shape index (κ3) is 5.87. The zero-order chi connectivity index (χ0) is 41.4. The molecule has 2 atom stereocenters. The Morgan fingerprint density at radius 3 is 1.92 bits per heavy atom. The van der Waals surface area contributed by atoms with Gasteiger partial charge in [-0.25, -0.2) is 9.98 Å². The predicted octanol–water partition coefficient (Wildman–Crippen LogP) is 14.2. The Balaban J connectivity index is 0.917. The summed E-state index contributed by atoms with van der Waals surface area (Å²) < 4.78 is 0. The lowest BCUT2D eigenvalue weighted by Gasteiger charge is -2.25. The van der Waals surface area contributed by atoms with Crippen LogP contribution >= 0.6 is 0 Å². The monoisotopic (exact) mass is 795 g/mol. The molecular weight excluding hydrogens is 751 g/mol. The maximum Gasteiger partial charge on any atom is 0.159 e. The lowest BCUT2D eigenvalue weighted by atomic mass is 9.78. The van der Waals surface area contributed by atoms with Crippen LogP contribution in [-0.2, 0) is 11.8 Å². The van der Waals surface area contributed by atoms with E-state index >= 15 is 0 Å². The van der Waals surface area contributed by atoms with E-state index in [1.54, 1.807) is 0 Å². The van der Waals surface area contributed by atoms with Crippen LogP contribution < -0.4 is 5.32 Å². The fourth-order valence-electron chi connectivity index (χ4n) is 10.8. The van der Waals surface area contributed by atoms with E-state index in [9.17, 15) is 0 Å². The van der Waals surface area contributed by atoms with Crippen molar-refractivity contribution < 1.29 is 0 Å². The molecule has 9 aromatic carbocycles. The first kappa shape index (κ1) is 36.5. The van der Waals surface area contributed by atoms with Crippen LogP contribution in [0.25, 0.3) is 54.9 Å². The van der Waals surface area contributed by atoms with Gasteiger partial charge in [0.1, 0.15) is 12.0 Å². The molecule has 2 unspecified atom stereocenters. The Morgan fingerprint density at radius 1 is 0.500 bits per heavy atom. The molecule has 3 aliphatic rings. The summed E-state index contributed by atoms with van der Waals surface area (Å²) in [4.78, 5) is 10.2. The Hall–Kier alpha value is -7.36. The summed E-state index contributed by atoms with van der Waals surface area (Å²) in [6, 6.07) is 71.1. The molecule has 9 aromatic rings. The van der Waals surface area contributed by atoms with Crippen molar-refractivity contribution in [3.8, 4) is 33.4 Å². The lowest BCUT2D eigenvalue weighted by molar-refractivity contribution is 0.666. The van der Waals surface area contributed by atoms with Gasteiger partial charge in [-0.1, -0.05) is 196 Å². The molecule has 3 heteroatoms. The zero-order valence-corrected chi connectivity index (χ0v) is 34.9. The first-order valence-electron chi connectivity index (χ1n) is 21.9. The highest BCUT2D eigenvalue weighted by Gasteiger charge is 2.40. The highest BCUT2D eigenvalue weighted by atomic mass is 15.2. The minimum Gasteiger partial charge on any atom is -0.344 e. The van der Waals surface area contributed by atoms with Gasteiger partial charge in [-0.2, -0.15) is 0 Å². The number of nitrogens with one attached hydrogen (secondary N) is 1. The van der Waals surface area contributed by atoms with Gasteiger partial charge in [0.15, 0.2) is 5.84 Å². The summed E-state index contributed by atoms with van der Waals surface area (Å²) in [7, 11) is 0. The number of hydrogen-bond acceptors (Lipinski definition) is 3. The van der Waals surface area contributed by atoms with Gasteiger partial charge >= 0.3 is 0 Å². The molecule has 1 N–H and O–H groups in total. The highest BCUT2D eigenvalue weighted by molar-refractivity contribution is 6.18. The Labute approximate surface area is 363 Å². The molecule has 2 aliphatic carbocycles. The Bertz CT molecular complexity index is 3300. The van der Waals surface area contributed by atoms with E-state index < -0.39 is 0 Å². The molecule has 0 saturated heterocycles. The highest BCUT2D eigenvalue weighted by Crippen LogP contribution is 2.56. The number of amidine groups is 2. The average molecular weight is 796 g/mol. The van der Waals surface area contributed by atoms with Gasteiger partial charge in [0, 0.05) is 22.5 Å². The van der Waals surface area contributed by atoms with E-state index in [0.717, 1.165) is 46.8 Å². The minimum atomic E-state index is -0.244. The molecule has 0 bridgehead atoms. The number of aryl methyl sites for hydroxylation is 1. The normalized spacial score (nSPS) is 17.2. The van der Waals surface area contributed by atoms with E-state index in [2.05, 4.69) is 189 Å². The summed E-state index contributed by atoms with van der Waals surface area (Å²) in [5.74, 6) is 1.80. The maximum atomic E-state index is 5.11. The SMILES string of the molecule is CC1(C)c2cc3c(cc2-c2c1c1ccccc1c1ccccc21)CCC(c1cccc(-c2cccc(C4=NC(c5ccccc5)=NC(c5ccccc5)N4)c2)c1)c1ccccc1-3. The fourth-order valence-corrected chi connectivity index (χ4v) is 10.8. The number of hydrogen-bond donors (Lipinski definition) is 1. The summed E-state index contributed by atoms with van der Waals surface area (Å²) in [5.41, 5.74) is 18.0.